The van der Waals surface area contributed by atoms with Crippen LogP contribution >= 0.6 is 0 Å². The summed E-state index contributed by atoms with van der Waals surface area (Å²) in [6.45, 7) is 1.88. The van der Waals surface area contributed by atoms with Crippen LogP contribution in [0, 0.1) is 6.92 Å². The van der Waals surface area contributed by atoms with Gasteiger partial charge in [-0.1, -0.05) is 6.07 Å². The molecule has 0 spiro atoms. The van der Waals surface area contributed by atoms with Gasteiger partial charge in [0.25, 0.3) is 0 Å². The van der Waals surface area contributed by atoms with Crippen LogP contribution < -0.4 is 11.4 Å². The number of fused-ring (bicyclic) bond motifs is 1. The SMILES string of the molecule is Cc1cc(-c2ccc3[nH]c(=O)[nH]c3c2)nnc1N. The van der Waals surface area contributed by atoms with Crippen molar-refractivity contribution in [2.24, 2.45) is 0 Å². The number of anilines is 1. The largest absolute Gasteiger partial charge is 0.382 e. The molecule has 0 aliphatic carbocycles. The Labute approximate surface area is 102 Å². The van der Waals surface area contributed by atoms with Gasteiger partial charge in [-0.15, -0.1) is 10.2 Å². The number of hydrogen-bond donors (Lipinski definition) is 3. The molecule has 0 atom stereocenters. The summed E-state index contributed by atoms with van der Waals surface area (Å²) in [6, 6.07) is 7.43. The molecule has 0 radical (unpaired) electrons. The van der Waals surface area contributed by atoms with Crippen LogP contribution in [0.5, 0.6) is 0 Å². The highest BCUT2D eigenvalue weighted by atomic mass is 16.1. The Balaban J connectivity index is 2.18. The first-order chi connectivity index (χ1) is 8.63. The van der Waals surface area contributed by atoms with Crippen LogP contribution in [0.15, 0.2) is 29.1 Å². The molecule has 0 aliphatic rings. The summed E-state index contributed by atoms with van der Waals surface area (Å²) >= 11 is 0. The van der Waals surface area contributed by atoms with Crippen molar-refractivity contribution in [2.45, 2.75) is 6.92 Å². The van der Waals surface area contributed by atoms with E-state index in [4.69, 9.17) is 5.73 Å². The van der Waals surface area contributed by atoms with Crippen molar-refractivity contribution in [3.63, 3.8) is 0 Å². The third-order valence-electron chi connectivity index (χ3n) is 2.83. The first-order valence-electron chi connectivity index (χ1n) is 5.46. The molecule has 6 heteroatoms. The predicted molar refractivity (Wildman–Crippen MR) is 69.1 cm³/mol. The molecule has 0 saturated carbocycles. The van der Waals surface area contributed by atoms with Gasteiger partial charge in [-0.3, -0.25) is 0 Å². The topological polar surface area (TPSA) is 100 Å². The van der Waals surface area contributed by atoms with Gasteiger partial charge in [0, 0.05) is 5.56 Å². The Morgan fingerprint density at radius 1 is 1.11 bits per heavy atom. The molecular weight excluding hydrogens is 230 g/mol. The van der Waals surface area contributed by atoms with E-state index < -0.39 is 0 Å². The minimum absolute atomic E-state index is 0.221. The Morgan fingerprint density at radius 2 is 1.89 bits per heavy atom. The average Bonchev–Trinajstić information content (AvgIpc) is 2.71. The predicted octanol–water partition coefficient (Wildman–Crippen LogP) is 1.20. The number of rotatable bonds is 1. The minimum Gasteiger partial charge on any atom is -0.382 e. The molecule has 0 unspecified atom stereocenters. The second kappa shape index (κ2) is 3.69. The van der Waals surface area contributed by atoms with Crippen molar-refractivity contribution in [2.75, 3.05) is 5.73 Å². The lowest BCUT2D eigenvalue weighted by molar-refractivity contribution is 1.03. The second-order valence-electron chi connectivity index (χ2n) is 4.14. The van der Waals surface area contributed by atoms with E-state index in [-0.39, 0.29) is 5.69 Å². The van der Waals surface area contributed by atoms with E-state index in [0.29, 0.717) is 5.82 Å². The fraction of sp³-hybridized carbons (Fsp3) is 0.0833. The molecule has 3 aromatic rings. The van der Waals surface area contributed by atoms with Crippen LogP contribution in [0.3, 0.4) is 0 Å². The van der Waals surface area contributed by atoms with Gasteiger partial charge in [-0.05, 0) is 30.7 Å². The van der Waals surface area contributed by atoms with E-state index in [1.54, 1.807) is 0 Å². The molecule has 0 aliphatic heterocycles. The highest BCUT2D eigenvalue weighted by Gasteiger charge is 2.05. The summed E-state index contributed by atoms with van der Waals surface area (Å²) in [6.07, 6.45) is 0. The number of hydrogen-bond acceptors (Lipinski definition) is 4. The lowest BCUT2D eigenvalue weighted by atomic mass is 10.1. The number of aromatic nitrogens is 4. The summed E-state index contributed by atoms with van der Waals surface area (Å²) in [5, 5.41) is 7.93. The fourth-order valence-electron chi connectivity index (χ4n) is 1.83. The lowest BCUT2D eigenvalue weighted by Gasteiger charge is -2.03. The summed E-state index contributed by atoms with van der Waals surface area (Å²) in [7, 11) is 0. The van der Waals surface area contributed by atoms with Gasteiger partial charge in [0.15, 0.2) is 0 Å². The quantitative estimate of drug-likeness (QED) is 0.596. The van der Waals surface area contributed by atoms with Gasteiger partial charge < -0.3 is 15.7 Å². The van der Waals surface area contributed by atoms with E-state index in [0.717, 1.165) is 27.9 Å². The fourth-order valence-corrected chi connectivity index (χ4v) is 1.83. The van der Waals surface area contributed by atoms with Gasteiger partial charge in [0.1, 0.15) is 5.82 Å². The Kier molecular flexibility index (Phi) is 2.16. The standard InChI is InChI=1S/C12H11N5O/c1-6-4-9(16-17-11(6)13)7-2-3-8-10(5-7)15-12(18)14-8/h2-5H,1H3,(H2,13,17)(H2,14,15,18). The van der Waals surface area contributed by atoms with Gasteiger partial charge in [0.05, 0.1) is 16.7 Å². The van der Waals surface area contributed by atoms with Crippen LogP contribution in [-0.4, -0.2) is 20.2 Å². The molecule has 4 N–H and O–H groups in total. The Hall–Kier alpha value is -2.63. The van der Waals surface area contributed by atoms with E-state index in [1.807, 2.05) is 31.2 Å². The lowest BCUT2D eigenvalue weighted by Crippen LogP contribution is -1.99. The summed E-state index contributed by atoms with van der Waals surface area (Å²) in [5.41, 5.74) is 9.41. The van der Waals surface area contributed by atoms with Crippen LogP contribution in [-0.2, 0) is 0 Å². The smallest absolute Gasteiger partial charge is 0.323 e. The normalized spacial score (nSPS) is 10.9. The molecule has 1 aromatic carbocycles. The number of aryl methyl sites for hydroxylation is 1. The highest BCUT2D eigenvalue weighted by molar-refractivity contribution is 5.80. The number of nitrogens with zero attached hydrogens (tertiary/aromatic N) is 2. The van der Waals surface area contributed by atoms with Crippen molar-refractivity contribution >= 4 is 16.9 Å². The number of benzene rings is 1. The van der Waals surface area contributed by atoms with E-state index in [1.165, 1.54) is 0 Å². The number of aromatic amines is 2. The summed E-state index contributed by atoms with van der Waals surface area (Å²) in [5.74, 6) is 0.426. The van der Waals surface area contributed by atoms with Crippen LogP contribution in [0.2, 0.25) is 0 Å². The number of H-pyrrole nitrogens is 2. The molecule has 2 heterocycles. The Bertz CT molecular complexity index is 787. The third-order valence-corrected chi connectivity index (χ3v) is 2.83. The highest BCUT2D eigenvalue weighted by Crippen LogP contribution is 2.21. The van der Waals surface area contributed by atoms with Gasteiger partial charge in [-0.2, -0.15) is 0 Å². The van der Waals surface area contributed by atoms with Crippen LogP contribution in [0.25, 0.3) is 22.3 Å². The van der Waals surface area contributed by atoms with E-state index in [2.05, 4.69) is 20.2 Å². The molecule has 90 valence electrons. The molecule has 3 rings (SSSR count). The number of nitrogen functional groups attached to an aromatic ring is 1. The molecule has 6 nitrogen and oxygen atoms in total. The van der Waals surface area contributed by atoms with Gasteiger partial charge >= 0.3 is 5.69 Å². The first kappa shape index (κ1) is 10.5. The van der Waals surface area contributed by atoms with Crippen molar-refractivity contribution < 1.29 is 0 Å². The number of imidazole rings is 1. The van der Waals surface area contributed by atoms with Crippen LogP contribution in [0.1, 0.15) is 5.56 Å². The van der Waals surface area contributed by atoms with Crippen molar-refractivity contribution in [3.8, 4) is 11.3 Å². The van der Waals surface area contributed by atoms with Gasteiger partial charge in [-0.25, -0.2) is 4.79 Å². The maximum Gasteiger partial charge on any atom is 0.323 e. The molecular formula is C12H11N5O. The zero-order valence-corrected chi connectivity index (χ0v) is 9.69. The van der Waals surface area contributed by atoms with E-state index in [9.17, 15) is 4.79 Å². The zero-order chi connectivity index (χ0) is 12.7. The maximum absolute atomic E-state index is 11.2. The maximum atomic E-state index is 11.2. The molecule has 2 aromatic heterocycles. The molecule has 0 saturated heterocycles. The molecule has 0 amide bonds. The zero-order valence-electron chi connectivity index (χ0n) is 9.69. The minimum atomic E-state index is -0.221. The molecule has 0 bridgehead atoms. The van der Waals surface area contributed by atoms with Gasteiger partial charge in [0.2, 0.25) is 0 Å². The average molecular weight is 241 g/mol. The van der Waals surface area contributed by atoms with E-state index >= 15 is 0 Å². The second-order valence-corrected chi connectivity index (χ2v) is 4.14. The van der Waals surface area contributed by atoms with Crippen LogP contribution in [0.4, 0.5) is 5.82 Å². The summed E-state index contributed by atoms with van der Waals surface area (Å²) in [4.78, 5) is 16.6. The van der Waals surface area contributed by atoms with Crippen molar-refractivity contribution in [1.29, 1.82) is 0 Å². The molecule has 0 fully saturated rings. The van der Waals surface area contributed by atoms with Crippen molar-refractivity contribution in [1.82, 2.24) is 20.2 Å². The Morgan fingerprint density at radius 3 is 2.67 bits per heavy atom. The number of nitrogens with two attached hydrogens (primary N) is 1. The summed E-state index contributed by atoms with van der Waals surface area (Å²) < 4.78 is 0. The molecule has 18 heavy (non-hydrogen) atoms. The first-order valence-corrected chi connectivity index (χ1v) is 5.46. The monoisotopic (exact) mass is 241 g/mol. The third kappa shape index (κ3) is 1.64. The van der Waals surface area contributed by atoms with Crippen molar-refractivity contribution in [3.05, 3.63) is 40.3 Å². The number of nitrogens with one attached hydrogen (secondary N) is 2.